The number of halogens is 3. The molecule has 5 nitrogen and oxygen atoms in total. The SMILES string of the molecule is CCNC(=NCCc1cc(F)cc(F)c1)N1CCC(COCCOC)C1.I. The van der Waals surface area contributed by atoms with Gasteiger partial charge in [-0.2, -0.15) is 0 Å². The lowest BCUT2D eigenvalue weighted by molar-refractivity contribution is 0.0536. The van der Waals surface area contributed by atoms with E-state index in [9.17, 15) is 8.78 Å². The lowest BCUT2D eigenvalue weighted by Crippen LogP contribution is -2.40. The van der Waals surface area contributed by atoms with Crippen LogP contribution in [0.5, 0.6) is 0 Å². The molecule has 1 heterocycles. The van der Waals surface area contributed by atoms with E-state index < -0.39 is 11.6 Å². The van der Waals surface area contributed by atoms with Gasteiger partial charge in [-0.25, -0.2) is 8.78 Å². The number of likely N-dealkylation sites (tertiary alicyclic amines) is 1. The Morgan fingerprint density at radius 2 is 2.00 bits per heavy atom. The lowest BCUT2D eigenvalue weighted by Gasteiger charge is -2.21. The summed E-state index contributed by atoms with van der Waals surface area (Å²) in [7, 11) is 1.66. The molecule has 8 heteroatoms. The number of benzene rings is 1. The standard InChI is InChI=1S/C19H29F2N3O2.HI/c1-3-22-19(23-6-4-15-10-17(20)12-18(21)11-15)24-7-5-16(13-24)14-26-9-8-25-2;/h10-12,16H,3-9,13-14H2,1-2H3,(H,22,23);1H. The summed E-state index contributed by atoms with van der Waals surface area (Å²) in [6.07, 6.45) is 1.56. The summed E-state index contributed by atoms with van der Waals surface area (Å²) in [5, 5.41) is 3.30. The second-order valence-electron chi connectivity index (χ2n) is 6.43. The fraction of sp³-hybridized carbons (Fsp3) is 0.632. The Bertz CT molecular complexity index is 570. The molecule has 154 valence electrons. The molecule has 1 N–H and O–H groups in total. The van der Waals surface area contributed by atoms with Gasteiger partial charge in [-0.1, -0.05) is 0 Å². The maximum absolute atomic E-state index is 13.3. The normalized spacial score (nSPS) is 17.1. The fourth-order valence-corrected chi connectivity index (χ4v) is 3.03. The van der Waals surface area contributed by atoms with Crippen molar-refractivity contribution < 1.29 is 18.3 Å². The highest BCUT2D eigenvalue weighted by Gasteiger charge is 2.24. The molecular weight excluding hydrogens is 467 g/mol. The van der Waals surface area contributed by atoms with Crippen molar-refractivity contribution >= 4 is 29.9 Å². The molecular formula is C19H30F2IN3O2. The zero-order valence-electron chi connectivity index (χ0n) is 16.0. The van der Waals surface area contributed by atoms with E-state index in [4.69, 9.17) is 9.47 Å². The summed E-state index contributed by atoms with van der Waals surface area (Å²) < 4.78 is 37.1. The molecule has 0 amide bonds. The molecule has 27 heavy (non-hydrogen) atoms. The summed E-state index contributed by atoms with van der Waals surface area (Å²) >= 11 is 0. The Balaban J connectivity index is 0.00000364. The van der Waals surface area contributed by atoms with Gasteiger partial charge >= 0.3 is 0 Å². The Morgan fingerprint density at radius 3 is 2.67 bits per heavy atom. The molecule has 1 unspecified atom stereocenters. The Labute approximate surface area is 177 Å². The Hall–Kier alpha value is -1.00. The predicted molar refractivity (Wildman–Crippen MR) is 114 cm³/mol. The molecule has 2 rings (SSSR count). The van der Waals surface area contributed by atoms with Crippen molar-refractivity contribution in [2.75, 3.05) is 53.1 Å². The van der Waals surface area contributed by atoms with Gasteiger partial charge in [-0.05, 0) is 37.5 Å². The first-order valence-electron chi connectivity index (χ1n) is 9.17. The van der Waals surface area contributed by atoms with E-state index >= 15 is 0 Å². The fourth-order valence-electron chi connectivity index (χ4n) is 3.03. The lowest BCUT2D eigenvalue weighted by atomic mass is 10.1. The highest BCUT2D eigenvalue weighted by molar-refractivity contribution is 14.0. The van der Waals surface area contributed by atoms with E-state index in [2.05, 4.69) is 15.2 Å². The number of guanidine groups is 1. The average molecular weight is 497 g/mol. The highest BCUT2D eigenvalue weighted by atomic mass is 127. The smallest absolute Gasteiger partial charge is 0.193 e. The van der Waals surface area contributed by atoms with Gasteiger partial charge in [0.1, 0.15) is 11.6 Å². The van der Waals surface area contributed by atoms with Crippen molar-refractivity contribution in [2.24, 2.45) is 10.9 Å². The molecule has 0 saturated carbocycles. The van der Waals surface area contributed by atoms with Crippen molar-refractivity contribution in [3.63, 3.8) is 0 Å². The second-order valence-corrected chi connectivity index (χ2v) is 6.43. The van der Waals surface area contributed by atoms with Crippen LogP contribution in [0.25, 0.3) is 0 Å². The molecule has 0 aromatic heterocycles. The van der Waals surface area contributed by atoms with E-state index in [0.717, 1.165) is 44.7 Å². The third-order valence-corrected chi connectivity index (χ3v) is 4.29. The average Bonchev–Trinajstić information content (AvgIpc) is 3.06. The maximum Gasteiger partial charge on any atom is 0.193 e. The largest absolute Gasteiger partial charge is 0.382 e. The van der Waals surface area contributed by atoms with E-state index in [1.54, 1.807) is 7.11 Å². The molecule has 1 fully saturated rings. The number of ether oxygens (including phenoxy) is 2. The summed E-state index contributed by atoms with van der Waals surface area (Å²) in [5.74, 6) is 0.232. The predicted octanol–water partition coefficient (Wildman–Crippen LogP) is 3.08. The van der Waals surface area contributed by atoms with E-state index in [-0.39, 0.29) is 24.0 Å². The summed E-state index contributed by atoms with van der Waals surface area (Å²) in [5.41, 5.74) is 0.618. The molecule has 1 aromatic carbocycles. The molecule has 1 saturated heterocycles. The van der Waals surface area contributed by atoms with Crippen LogP contribution >= 0.6 is 24.0 Å². The third-order valence-electron chi connectivity index (χ3n) is 4.29. The van der Waals surface area contributed by atoms with Gasteiger partial charge in [-0.3, -0.25) is 4.99 Å². The van der Waals surface area contributed by atoms with E-state index in [0.29, 0.717) is 37.7 Å². The van der Waals surface area contributed by atoms with Crippen LogP contribution in [-0.4, -0.2) is 64.0 Å². The summed E-state index contributed by atoms with van der Waals surface area (Å²) in [4.78, 5) is 6.84. The summed E-state index contributed by atoms with van der Waals surface area (Å²) in [6.45, 7) is 7.06. The van der Waals surface area contributed by atoms with Crippen LogP contribution in [0.1, 0.15) is 18.9 Å². The van der Waals surface area contributed by atoms with Crippen molar-refractivity contribution in [3.8, 4) is 0 Å². The van der Waals surface area contributed by atoms with Gasteiger partial charge < -0.3 is 19.7 Å². The molecule has 1 aliphatic rings. The van der Waals surface area contributed by atoms with Crippen LogP contribution in [0.2, 0.25) is 0 Å². The first-order valence-corrected chi connectivity index (χ1v) is 9.17. The molecule has 0 bridgehead atoms. The minimum Gasteiger partial charge on any atom is -0.382 e. The summed E-state index contributed by atoms with van der Waals surface area (Å²) in [6, 6.07) is 3.60. The molecule has 0 aliphatic carbocycles. The second kappa shape index (κ2) is 13.2. The van der Waals surface area contributed by atoms with Gasteiger partial charge in [0.2, 0.25) is 0 Å². The van der Waals surface area contributed by atoms with Gasteiger partial charge in [-0.15, -0.1) is 24.0 Å². The minimum absolute atomic E-state index is 0. The number of methoxy groups -OCH3 is 1. The third kappa shape index (κ3) is 8.69. The van der Waals surface area contributed by atoms with Crippen LogP contribution in [0, 0.1) is 17.6 Å². The van der Waals surface area contributed by atoms with Crippen molar-refractivity contribution in [3.05, 3.63) is 35.4 Å². The van der Waals surface area contributed by atoms with Gasteiger partial charge in [0.05, 0.1) is 19.8 Å². The van der Waals surface area contributed by atoms with Crippen molar-refractivity contribution in [1.29, 1.82) is 0 Å². The van der Waals surface area contributed by atoms with Gasteiger partial charge in [0.25, 0.3) is 0 Å². The number of aliphatic imine (C=N–C) groups is 1. The van der Waals surface area contributed by atoms with Crippen LogP contribution in [0.15, 0.2) is 23.2 Å². The van der Waals surface area contributed by atoms with E-state index in [1.807, 2.05) is 6.92 Å². The van der Waals surface area contributed by atoms with Gasteiger partial charge in [0.15, 0.2) is 5.96 Å². The first-order chi connectivity index (χ1) is 12.6. The minimum atomic E-state index is -0.549. The van der Waals surface area contributed by atoms with Crippen molar-refractivity contribution in [1.82, 2.24) is 10.2 Å². The molecule has 1 aromatic rings. The number of hydrogen-bond donors (Lipinski definition) is 1. The molecule has 0 radical (unpaired) electrons. The Kier molecular flexibility index (Phi) is 11.8. The monoisotopic (exact) mass is 497 g/mol. The highest BCUT2D eigenvalue weighted by Crippen LogP contribution is 2.17. The number of nitrogens with one attached hydrogen (secondary N) is 1. The number of hydrogen-bond acceptors (Lipinski definition) is 3. The molecule has 0 spiro atoms. The maximum atomic E-state index is 13.3. The molecule has 1 aliphatic heterocycles. The van der Waals surface area contributed by atoms with Crippen LogP contribution in [0.3, 0.4) is 0 Å². The zero-order valence-corrected chi connectivity index (χ0v) is 18.4. The van der Waals surface area contributed by atoms with E-state index in [1.165, 1.54) is 12.1 Å². The number of nitrogens with zero attached hydrogens (tertiary/aromatic N) is 2. The van der Waals surface area contributed by atoms with Crippen LogP contribution in [-0.2, 0) is 15.9 Å². The quantitative estimate of drug-likeness (QED) is 0.247. The van der Waals surface area contributed by atoms with Crippen molar-refractivity contribution in [2.45, 2.75) is 19.8 Å². The van der Waals surface area contributed by atoms with Crippen LogP contribution < -0.4 is 5.32 Å². The van der Waals surface area contributed by atoms with Gasteiger partial charge in [0, 0.05) is 45.3 Å². The molecule has 1 atom stereocenters. The van der Waals surface area contributed by atoms with Crippen LogP contribution in [0.4, 0.5) is 8.78 Å². The topological polar surface area (TPSA) is 46.1 Å². The first kappa shape index (κ1) is 24.0. The number of rotatable bonds is 9. The zero-order chi connectivity index (χ0) is 18.8. The Morgan fingerprint density at radius 1 is 1.26 bits per heavy atom.